The number of aryl methyl sites for hydroxylation is 2. The van der Waals surface area contributed by atoms with Crippen molar-refractivity contribution in [2.75, 3.05) is 26.2 Å². The molecule has 2 aromatic rings. The molecule has 0 aliphatic carbocycles. The monoisotopic (exact) mass is 357 g/mol. The number of halogens is 1. The van der Waals surface area contributed by atoms with Crippen LogP contribution in [0.25, 0.3) is 10.9 Å². The van der Waals surface area contributed by atoms with Crippen LogP contribution < -0.4 is 0 Å². The van der Waals surface area contributed by atoms with Crippen molar-refractivity contribution >= 4 is 28.4 Å². The highest BCUT2D eigenvalue weighted by Crippen LogP contribution is 2.35. The Labute approximate surface area is 153 Å². The van der Waals surface area contributed by atoms with Gasteiger partial charge in [0.2, 0.25) is 0 Å². The molecule has 132 valence electrons. The summed E-state index contributed by atoms with van der Waals surface area (Å²) in [4.78, 5) is 18.2. The van der Waals surface area contributed by atoms with E-state index in [0.29, 0.717) is 17.0 Å². The second-order valence-corrected chi connectivity index (χ2v) is 8.35. The van der Waals surface area contributed by atoms with Crippen molar-refractivity contribution in [3.63, 3.8) is 0 Å². The highest BCUT2D eigenvalue weighted by molar-refractivity contribution is 6.32. The summed E-state index contributed by atoms with van der Waals surface area (Å²) < 4.78 is 2.25. The van der Waals surface area contributed by atoms with Crippen LogP contribution in [0, 0.1) is 12.8 Å². The summed E-state index contributed by atoms with van der Waals surface area (Å²) in [7, 11) is 0. The van der Waals surface area contributed by atoms with Gasteiger partial charge in [0.1, 0.15) is 0 Å². The Morgan fingerprint density at radius 1 is 1.12 bits per heavy atom. The molecular weight excluding hydrogens is 334 g/mol. The van der Waals surface area contributed by atoms with Gasteiger partial charge in [-0.3, -0.25) is 4.79 Å². The van der Waals surface area contributed by atoms with Gasteiger partial charge >= 0.3 is 0 Å². The van der Waals surface area contributed by atoms with E-state index in [1.807, 2.05) is 12.1 Å². The van der Waals surface area contributed by atoms with Crippen molar-refractivity contribution in [3.8, 4) is 0 Å². The lowest BCUT2D eigenvalue weighted by molar-refractivity contribution is 0.00657. The third-order valence-corrected chi connectivity index (χ3v) is 6.67. The number of nitrogens with zero attached hydrogens (tertiary/aromatic N) is 3. The lowest BCUT2D eigenvalue weighted by Gasteiger charge is -2.49. The van der Waals surface area contributed by atoms with E-state index in [2.05, 4.69) is 27.5 Å². The number of piperidine rings is 3. The molecule has 1 aromatic heterocycles. The van der Waals surface area contributed by atoms with E-state index in [1.165, 1.54) is 31.5 Å². The van der Waals surface area contributed by atoms with Gasteiger partial charge in [-0.2, -0.15) is 0 Å². The van der Waals surface area contributed by atoms with E-state index < -0.39 is 0 Å². The molecule has 1 unspecified atom stereocenters. The fourth-order valence-corrected chi connectivity index (χ4v) is 5.41. The average Bonchev–Trinajstić information content (AvgIpc) is 2.93. The Hall–Kier alpha value is -1.52. The van der Waals surface area contributed by atoms with E-state index in [9.17, 15) is 4.79 Å². The maximum Gasteiger partial charge on any atom is 0.256 e. The van der Waals surface area contributed by atoms with Crippen LogP contribution in [0.3, 0.4) is 0 Å². The summed E-state index contributed by atoms with van der Waals surface area (Å²) in [6, 6.07) is 4.24. The molecule has 4 nitrogen and oxygen atoms in total. The normalized spacial score (nSPS) is 29.1. The maximum atomic E-state index is 13.5. The van der Waals surface area contributed by atoms with Crippen LogP contribution in [0.5, 0.6) is 0 Å². The molecule has 5 heterocycles. The summed E-state index contributed by atoms with van der Waals surface area (Å²) in [5, 5.41) is 1.78. The minimum absolute atomic E-state index is 0.172. The minimum atomic E-state index is 0.172. The smallest absolute Gasteiger partial charge is 0.256 e. The molecule has 2 bridgehead atoms. The minimum Gasteiger partial charge on any atom is -0.346 e. The van der Waals surface area contributed by atoms with Crippen LogP contribution in [0.2, 0.25) is 5.02 Å². The third kappa shape index (κ3) is 2.42. The van der Waals surface area contributed by atoms with Gasteiger partial charge in [0, 0.05) is 42.3 Å². The first-order valence-electron chi connectivity index (χ1n) is 9.44. The lowest BCUT2D eigenvalue weighted by Crippen LogP contribution is -2.59. The Balaban J connectivity index is 1.61. The predicted molar refractivity (Wildman–Crippen MR) is 100 cm³/mol. The van der Waals surface area contributed by atoms with Crippen LogP contribution in [0.15, 0.2) is 18.3 Å². The quantitative estimate of drug-likeness (QED) is 0.781. The van der Waals surface area contributed by atoms with Crippen LogP contribution in [-0.2, 0) is 6.54 Å². The zero-order valence-electron chi connectivity index (χ0n) is 14.7. The van der Waals surface area contributed by atoms with E-state index >= 15 is 0 Å². The lowest BCUT2D eigenvalue weighted by atomic mass is 9.82. The van der Waals surface area contributed by atoms with Gasteiger partial charge in [-0.25, -0.2) is 0 Å². The zero-order chi connectivity index (χ0) is 17.1. The molecule has 1 aromatic carbocycles. The molecule has 5 heteroatoms. The Kier molecular flexibility index (Phi) is 3.61. The van der Waals surface area contributed by atoms with Crippen LogP contribution >= 0.6 is 11.6 Å². The Bertz CT molecular complexity index is 850. The second kappa shape index (κ2) is 5.75. The Morgan fingerprint density at radius 3 is 2.64 bits per heavy atom. The summed E-state index contributed by atoms with van der Waals surface area (Å²) in [6.07, 6.45) is 5.64. The number of amides is 1. The number of aromatic nitrogens is 1. The molecular formula is C20H24ClN3O. The molecule has 3 fully saturated rings. The fourth-order valence-electron chi connectivity index (χ4n) is 5.19. The molecule has 0 spiro atoms. The summed E-state index contributed by atoms with van der Waals surface area (Å²) >= 11 is 6.38. The van der Waals surface area contributed by atoms with Crippen molar-refractivity contribution in [2.24, 2.45) is 5.92 Å². The van der Waals surface area contributed by atoms with Gasteiger partial charge in [-0.15, -0.1) is 0 Å². The average molecular weight is 358 g/mol. The SMILES string of the molecule is Cc1cn2c3c(cc(Cl)cc13)C(=O)N(C1CN3CCC1CC3)CCC2. The second-order valence-electron chi connectivity index (χ2n) is 7.91. The first-order chi connectivity index (χ1) is 12.1. The molecule has 3 saturated heterocycles. The van der Waals surface area contributed by atoms with Crippen molar-refractivity contribution < 1.29 is 4.79 Å². The highest BCUT2D eigenvalue weighted by Gasteiger charge is 2.40. The van der Waals surface area contributed by atoms with Gasteiger partial charge in [-0.1, -0.05) is 11.6 Å². The van der Waals surface area contributed by atoms with Gasteiger partial charge in [-0.05, 0) is 62.9 Å². The Morgan fingerprint density at radius 2 is 1.92 bits per heavy atom. The third-order valence-electron chi connectivity index (χ3n) is 6.45. The number of benzene rings is 1. The van der Waals surface area contributed by atoms with Crippen molar-refractivity contribution in [1.82, 2.24) is 14.4 Å². The molecule has 0 radical (unpaired) electrons. The number of fused-ring (bicyclic) bond motifs is 3. The number of hydrogen-bond donors (Lipinski definition) is 0. The predicted octanol–water partition coefficient (Wildman–Crippen LogP) is 3.54. The molecule has 1 amide bonds. The molecule has 1 atom stereocenters. The van der Waals surface area contributed by atoms with E-state index in [-0.39, 0.29) is 5.91 Å². The largest absolute Gasteiger partial charge is 0.346 e. The van der Waals surface area contributed by atoms with Crippen molar-refractivity contribution in [2.45, 2.75) is 38.8 Å². The van der Waals surface area contributed by atoms with Crippen LogP contribution in [0.1, 0.15) is 35.2 Å². The topological polar surface area (TPSA) is 28.5 Å². The van der Waals surface area contributed by atoms with Gasteiger partial charge in [0.15, 0.2) is 0 Å². The highest BCUT2D eigenvalue weighted by atomic mass is 35.5. The number of carbonyl (C=O) groups is 1. The molecule has 0 N–H and O–H groups in total. The number of carbonyl (C=O) groups excluding carboxylic acids is 1. The van der Waals surface area contributed by atoms with Gasteiger partial charge < -0.3 is 14.4 Å². The molecule has 4 aliphatic heterocycles. The number of hydrogen-bond acceptors (Lipinski definition) is 2. The fraction of sp³-hybridized carbons (Fsp3) is 0.550. The standard InChI is InChI=1S/C20H24ClN3O/c1-13-11-23-5-2-6-24(18-12-22-7-3-14(18)4-8-22)20(25)17-10-15(21)9-16(13)19(17)23/h9-11,14,18H,2-8,12H2,1H3. The van der Waals surface area contributed by atoms with Crippen LogP contribution in [-0.4, -0.2) is 52.5 Å². The zero-order valence-corrected chi connectivity index (χ0v) is 15.4. The van der Waals surface area contributed by atoms with E-state index in [4.69, 9.17) is 11.6 Å². The van der Waals surface area contributed by atoms with Crippen molar-refractivity contribution in [3.05, 3.63) is 34.5 Å². The summed E-state index contributed by atoms with van der Waals surface area (Å²) in [5.74, 6) is 0.835. The molecule has 6 rings (SSSR count). The summed E-state index contributed by atoms with van der Waals surface area (Å²) in [6.45, 7) is 7.36. The first-order valence-corrected chi connectivity index (χ1v) is 9.82. The van der Waals surface area contributed by atoms with E-state index in [0.717, 1.165) is 42.5 Å². The number of rotatable bonds is 1. The molecule has 4 aliphatic rings. The first kappa shape index (κ1) is 15.7. The van der Waals surface area contributed by atoms with Crippen LogP contribution in [0.4, 0.5) is 0 Å². The summed E-state index contributed by atoms with van der Waals surface area (Å²) in [5.41, 5.74) is 3.05. The maximum absolute atomic E-state index is 13.5. The molecule has 0 saturated carbocycles. The van der Waals surface area contributed by atoms with Crippen molar-refractivity contribution in [1.29, 1.82) is 0 Å². The van der Waals surface area contributed by atoms with E-state index in [1.54, 1.807) is 0 Å². The van der Waals surface area contributed by atoms with Gasteiger partial charge in [0.05, 0.1) is 11.1 Å². The van der Waals surface area contributed by atoms with Gasteiger partial charge in [0.25, 0.3) is 5.91 Å². The molecule has 25 heavy (non-hydrogen) atoms.